The zero-order valence-corrected chi connectivity index (χ0v) is 12.6. The molecule has 0 atom stereocenters. The number of thiocarbonyl (C=S) groups is 1. The molecule has 0 aliphatic rings. The van der Waals surface area contributed by atoms with Crippen molar-refractivity contribution in [3.05, 3.63) is 29.3 Å². The van der Waals surface area contributed by atoms with Crippen LogP contribution in [0.25, 0.3) is 0 Å². The first-order chi connectivity index (χ1) is 8.88. The fourth-order valence-electron chi connectivity index (χ4n) is 1.48. The zero-order valence-electron chi connectivity index (χ0n) is 11.7. The maximum atomic E-state index is 11.4. The summed E-state index contributed by atoms with van der Waals surface area (Å²) < 4.78 is 4.98. The summed E-state index contributed by atoms with van der Waals surface area (Å²) in [6.07, 6.45) is -0.532. The van der Waals surface area contributed by atoms with Crippen LogP contribution in [0.1, 0.15) is 25.0 Å². The quantitative estimate of drug-likeness (QED) is 0.833. The molecule has 4 nitrogen and oxygen atoms in total. The highest BCUT2D eigenvalue weighted by Gasteiger charge is 2.07. The second-order valence-corrected chi connectivity index (χ2v) is 5.30. The maximum Gasteiger partial charge on any atom is 0.413 e. The Labute approximate surface area is 119 Å². The van der Waals surface area contributed by atoms with Gasteiger partial charge in [0, 0.05) is 5.69 Å². The molecule has 1 amide bonds. The molecule has 0 saturated carbocycles. The molecular formula is C14H20N2O2S. The van der Waals surface area contributed by atoms with Gasteiger partial charge in [-0.2, -0.15) is 0 Å². The molecule has 0 radical (unpaired) electrons. The number of nitrogens with one attached hydrogen (secondary N) is 2. The summed E-state index contributed by atoms with van der Waals surface area (Å²) in [5.41, 5.74) is 3.12. The van der Waals surface area contributed by atoms with E-state index in [1.165, 1.54) is 5.56 Å². The minimum Gasteiger partial charge on any atom is -0.449 e. The van der Waals surface area contributed by atoms with Crippen molar-refractivity contribution in [2.45, 2.75) is 27.7 Å². The Kier molecular flexibility index (Phi) is 5.76. The number of rotatable bonds is 3. The number of aryl methyl sites for hydroxylation is 2. The number of anilines is 1. The van der Waals surface area contributed by atoms with Gasteiger partial charge in [-0.1, -0.05) is 31.5 Å². The standard InChI is InChI=1S/C14H20N2O2S/c1-9(2)8-18-14(17)16-13(19)15-12-6-5-10(3)7-11(12)4/h5-7,9H,8H2,1-4H3,(H2,15,16,17,19). The average Bonchev–Trinajstić information content (AvgIpc) is 2.30. The van der Waals surface area contributed by atoms with Crippen LogP contribution in [0.15, 0.2) is 18.2 Å². The zero-order chi connectivity index (χ0) is 14.4. The summed E-state index contributed by atoms with van der Waals surface area (Å²) in [5.74, 6) is 0.298. The van der Waals surface area contributed by atoms with Crippen LogP contribution >= 0.6 is 12.2 Å². The highest BCUT2D eigenvalue weighted by atomic mass is 32.1. The second-order valence-electron chi connectivity index (χ2n) is 4.89. The second kappa shape index (κ2) is 7.09. The molecule has 0 aliphatic heterocycles. The number of hydrogen-bond donors (Lipinski definition) is 2. The predicted octanol–water partition coefficient (Wildman–Crippen LogP) is 3.38. The normalized spacial score (nSPS) is 10.2. The Morgan fingerprint density at radius 2 is 2.05 bits per heavy atom. The van der Waals surface area contributed by atoms with Gasteiger partial charge in [-0.3, -0.25) is 5.32 Å². The lowest BCUT2D eigenvalue weighted by atomic mass is 10.1. The van der Waals surface area contributed by atoms with Gasteiger partial charge in [0.1, 0.15) is 0 Å². The number of alkyl carbamates (subject to hydrolysis) is 1. The van der Waals surface area contributed by atoms with E-state index < -0.39 is 6.09 Å². The third-order valence-electron chi connectivity index (χ3n) is 2.39. The summed E-state index contributed by atoms with van der Waals surface area (Å²) >= 11 is 5.06. The summed E-state index contributed by atoms with van der Waals surface area (Å²) in [7, 11) is 0. The van der Waals surface area contributed by atoms with E-state index in [2.05, 4.69) is 10.6 Å². The van der Waals surface area contributed by atoms with Gasteiger partial charge < -0.3 is 10.1 Å². The van der Waals surface area contributed by atoms with Gasteiger partial charge in [0.2, 0.25) is 0 Å². The highest BCUT2D eigenvalue weighted by Crippen LogP contribution is 2.15. The summed E-state index contributed by atoms with van der Waals surface area (Å²) in [5, 5.41) is 5.70. The predicted molar refractivity (Wildman–Crippen MR) is 81.5 cm³/mol. The molecule has 2 N–H and O–H groups in total. The molecule has 0 saturated heterocycles. The third-order valence-corrected chi connectivity index (χ3v) is 2.60. The van der Waals surface area contributed by atoms with Gasteiger partial charge in [0.15, 0.2) is 5.11 Å². The lowest BCUT2D eigenvalue weighted by Crippen LogP contribution is -2.35. The topological polar surface area (TPSA) is 50.4 Å². The van der Waals surface area contributed by atoms with Crippen molar-refractivity contribution in [2.75, 3.05) is 11.9 Å². The van der Waals surface area contributed by atoms with Crippen LogP contribution in [0.2, 0.25) is 0 Å². The first-order valence-corrected chi connectivity index (χ1v) is 6.61. The van der Waals surface area contributed by atoms with Crippen LogP contribution in [0.5, 0.6) is 0 Å². The molecule has 0 fully saturated rings. The van der Waals surface area contributed by atoms with E-state index in [1.807, 2.05) is 45.9 Å². The van der Waals surface area contributed by atoms with Gasteiger partial charge in [-0.25, -0.2) is 4.79 Å². The van der Waals surface area contributed by atoms with E-state index in [9.17, 15) is 4.79 Å². The Balaban J connectivity index is 2.49. The Hall–Kier alpha value is -1.62. The molecule has 0 spiro atoms. The fraction of sp³-hybridized carbons (Fsp3) is 0.429. The number of carbonyl (C=O) groups is 1. The molecule has 19 heavy (non-hydrogen) atoms. The van der Waals surface area contributed by atoms with Crippen LogP contribution < -0.4 is 10.6 Å². The number of hydrogen-bond acceptors (Lipinski definition) is 3. The van der Waals surface area contributed by atoms with Crippen LogP contribution in [-0.4, -0.2) is 17.8 Å². The number of benzene rings is 1. The maximum absolute atomic E-state index is 11.4. The molecule has 0 unspecified atom stereocenters. The molecule has 1 rings (SSSR count). The molecule has 104 valence electrons. The minimum atomic E-state index is -0.532. The van der Waals surface area contributed by atoms with Crippen molar-refractivity contribution in [2.24, 2.45) is 5.92 Å². The molecule has 1 aromatic carbocycles. The van der Waals surface area contributed by atoms with E-state index in [1.54, 1.807) is 0 Å². The smallest absolute Gasteiger partial charge is 0.413 e. The third kappa shape index (κ3) is 5.70. The summed E-state index contributed by atoms with van der Waals surface area (Å²) in [6, 6.07) is 5.95. The Bertz CT molecular complexity index is 473. The van der Waals surface area contributed by atoms with Gasteiger partial charge in [-0.05, 0) is 43.6 Å². The molecular weight excluding hydrogens is 260 g/mol. The van der Waals surface area contributed by atoms with Gasteiger partial charge >= 0.3 is 6.09 Å². The van der Waals surface area contributed by atoms with E-state index in [0.29, 0.717) is 12.5 Å². The SMILES string of the molecule is Cc1ccc(NC(=S)NC(=O)OCC(C)C)c(C)c1. The summed E-state index contributed by atoms with van der Waals surface area (Å²) in [4.78, 5) is 11.4. The average molecular weight is 280 g/mol. The van der Waals surface area contributed by atoms with Crippen molar-refractivity contribution in [3.63, 3.8) is 0 Å². The number of amides is 1. The number of carbonyl (C=O) groups excluding carboxylic acids is 1. The van der Waals surface area contributed by atoms with Crippen molar-refractivity contribution >= 4 is 29.1 Å². The van der Waals surface area contributed by atoms with Crippen LogP contribution in [-0.2, 0) is 4.74 Å². The molecule has 5 heteroatoms. The van der Waals surface area contributed by atoms with E-state index in [-0.39, 0.29) is 5.11 Å². The minimum absolute atomic E-state index is 0.237. The lowest BCUT2D eigenvalue weighted by molar-refractivity contribution is 0.138. The van der Waals surface area contributed by atoms with Gasteiger partial charge in [-0.15, -0.1) is 0 Å². The summed E-state index contributed by atoms with van der Waals surface area (Å²) in [6.45, 7) is 8.32. The Morgan fingerprint density at radius 3 is 2.63 bits per heavy atom. The van der Waals surface area contributed by atoms with Crippen molar-refractivity contribution in [3.8, 4) is 0 Å². The molecule has 0 heterocycles. The number of ether oxygens (including phenoxy) is 1. The molecule has 1 aromatic rings. The van der Waals surface area contributed by atoms with Crippen molar-refractivity contribution in [1.29, 1.82) is 0 Å². The first kappa shape index (κ1) is 15.4. The van der Waals surface area contributed by atoms with E-state index in [4.69, 9.17) is 17.0 Å². The van der Waals surface area contributed by atoms with Gasteiger partial charge in [0.25, 0.3) is 0 Å². The highest BCUT2D eigenvalue weighted by molar-refractivity contribution is 7.80. The van der Waals surface area contributed by atoms with E-state index in [0.717, 1.165) is 11.3 Å². The monoisotopic (exact) mass is 280 g/mol. The first-order valence-electron chi connectivity index (χ1n) is 6.20. The fourth-order valence-corrected chi connectivity index (χ4v) is 1.67. The van der Waals surface area contributed by atoms with Crippen LogP contribution in [0.3, 0.4) is 0 Å². The molecule has 0 aliphatic carbocycles. The lowest BCUT2D eigenvalue weighted by Gasteiger charge is -2.13. The van der Waals surface area contributed by atoms with Crippen molar-refractivity contribution in [1.82, 2.24) is 5.32 Å². The van der Waals surface area contributed by atoms with E-state index >= 15 is 0 Å². The largest absolute Gasteiger partial charge is 0.449 e. The van der Waals surface area contributed by atoms with Crippen LogP contribution in [0, 0.1) is 19.8 Å². The van der Waals surface area contributed by atoms with Crippen molar-refractivity contribution < 1.29 is 9.53 Å². The van der Waals surface area contributed by atoms with Crippen LogP contribution in [0.4, 0.5) is 10.5 Å². The van der Waals surface area contributed by atoms with Gasteiger partial charge in [0.05, 0.1) is 6.61 Å². The molecule has 0 bridgehead atoms. The molecule has 0 aromatic heterocycles. The Morgan fingerprint density at radius 1 is 1.37 bits per heavy atom.